The fraction of sp³-hybridized carbons (Fsp3) is 0.286. The van der Waals surface area contributed by atoms with Crippen LogP contribution in [0.1, 0.15) is 11.1 Å². The molecule has 0 aliphatic heterocycles. The highest BCUT2D eigenvalue weighted by atomic mass is 32.2. The summed E-state index contributed by atoms with van der Waals surface area (Å²) in [6, 6.07) is 6.75. The van der Waals surface area contributed by atoms with Crippen LogP contribution in [-0.2, 0) is 23.1 Å². The molecule has 2 N–H and O–H groups in total. The van der Waals surface area contributed by atoms with Crippen molar-refractivity contribution in [2.24, 2.45) is 0 Å². The largest absolute Gasteiger partial charge is 0.496 e. The van der Waals surface area contributed by atoms with E-state index in [1.807, 2.05) is 16.8 Å². The van der Waals surface area contributed by atoms with Crippen molar-refractivity contribution < 1.29 is 13.2 Å². The second-order valence-corrected chi connectivity index (χ2v) is 7.01. The molecule has 21 heavy (non-hydrogen) atoms. The van der Waals surface area contributed by atoms with Crippen LogP contribution in [0.15, 0.2) is 39.9 Å². The van der Waals surface area contributed by atoms with Gasteiger partial charge in [0.15, 0.2) is 0 Å². The maximum absolute atomic E-state index is 12.3. The fourth-order valence-corrected chi connectivity index (χ4v) is 3.64. The third-order valence-corrected chi connectivity index (χ3v) is 5.11. The molecule has 2 rings (SSSR count). The number of ether oxygens (including phenoxy) is 1. The van der Waals surface area contributed by atoms with E-state index < -0.39 is 10.0 Å². The first-order valence-electron chi connectivity index (χ1n) is 6.39. The lowest BCUT2D eigenvalue weighted by Crippen LogP contribution is -2.23. The van der Waals surface area contributed by atoms with Crippen LogP contribution in [-0.4, -0.2) is 22.6 Å². The summed E-state index contributed by atoms with van der Waals surface area (Å²) >= 11 is 1.54. The number of nitrogens with one attached hydrogen (secondary N) is 2. The zero-order chi connectivity index (χ0) is 15.3. The van der Waals surface area contributed by atoms with E-state index in [2.05, 4.69) is 10.0 Å². The molecule has 1 aromatic heterocycles. The Morgan fingerprint density at radius 1 is 1.24 bits per heavy atom. The van der Waals surface area contributed by atoms with Crippen LogP contribution in [0.25, 0.3) is 0 Å². The third kappa shape index (κ3) is 4.04. The van der Waals surface area contributed by atoms with E-state index in [0.717, 1.165) is 11.1 Å². The highest BCUT2D eigenvalue weighted by molar-refractivity contribution is 7.89. The Kier molecular flexibility index (Phi) is 5.35. The first-order valence-corrected chi connectivity index (χ1v) is 8.81. The van der Waals surface area contributed by atoms with Crippen molar-refractivity contribution >= 4 is 21.4 Å². The monoisotopic (exact) mass is 326 g/mol. The Morgan fingerprint density at radius 2 is 2.05 bits per heavy atom. The summed E-state index contributed by atoms with van der Waals surface area (Å²) in [5.41, 5.74) is 1.76. The number of thiophene rings is 1. The van der Waals surface area contributed by atoms with Crippen molar-refractivity contribution in [3.8, 4) is 5.75 Å². The average Bonchev–Trinajstić information content (AvgIpc) is 2.99. The Bertz CT molecular complexity index is 682. The van der Waals surface area contributed by atoms with Crippen molar-refractivity contribution in [3.63, 3.8) is 0 Å². The molecule has 0 saturated carbocycles. The van der Waals surface area contributed by atoms with E-state index in [4.69, 9.17) is 4.74 Å². The van der Waals surface area contributed by atoms with E-state index in [0.29, 0.717) is 18.8 Å². The van der Waals surface area contributed by atoms with Gasteiger partial charge in [-0.2, -0.15) is 11.3 Å². The number of benzene rings is 1. The minimum atomic E-state index is -3.53. The number of sulfonamides is 1. The molecule has 114 valence electrons. The van der Waals surface area contributed by atoms with E-state index in [1.165, 1.54) is 0 Å². The Labute approximate surface area is 129 Å². The summed E-state index contributed by atoms with van der Waals surface area (Å²) in [6.07, 6.45) is 0. The molecule has 0 spiro atoms. The smallest absolute Gasteiger partial charge is 0.240 e. The van der Waals surface area contributed by atoms with Gasteiger partial charge >= 0.3 is 0 Å². The van der Waals surface area contributed by atoms with Crippen molar-refractivity contribution in [3.05, 3.63) is 46.2 Å². The van der Waals surface area contributed by atoms with E-state index in [1.54, 1.807) is 43.7 Å². The highest BCUT2D eigenvalue weighted by Gasteiger charge is 2.16. The molecule has 0 fully saturated rings. The van der Waals surface area contributed by atoms with E-state index in [-0.39, 0.29) is 4.90 Å². The minimum Gasteiger partial charge on any atom is -0.496 e. The molecular weight excluding hydrogens is 308 g/mol. The van der Waals surface area contributed by atoms with Gasteiger partial charge in [-0.3, -0.25) is 0 Å². The van der Waals surface area contributed by atoms with Crippen LogP contribution in [0, 0.1) is 0 Å². The first-order chi connectivity index (χ1) is 10.1. The summed E-state index contributed by atoms with van der Waals surface area (Å²) in [5, 5.41) is 6.84. The summed E-state index contributed by atoms with van der Waals surface area (Å²) in [6.45, 7) is 0.830. The summed E-state index contributed by atoms with van der Waals surface area (Å²) in [7, 11) is -0.163. The molecule has 0 unspecified atom stereocenters. The topological polar surface area (TPSA) is 67.4 Å². The van der Waals surface area contributed by atoms with Gasteiger partial charge in [0.25, 0.3) is 0 Å². The van der Waals surface area contributed by atoms with Gasteiger partial charge in [-0.1, -0.05) is 0 Å². The Hall–Kier alpha value is -1.41. The normalized spacial score (nSPS) is 11.5. The molecular formula is C14H18N2O3S2. The van der Waals surface area contributed by atoms with Gasteiger partial charge in [0.1, 0.15) is 5.75 Å². The standard InChI is InChI=1S/C14H18N2O3S2/c1-15-9-12-7-13(3-4-14(12)19-2)21(17,18)16-8-11-5-6-20-10-11/h3-7,10,15-16H,8-9H2,1-2H3. The Balaban J connectivity index is 2.20. The maximum Gasteiger partial charge on any atom is 0.240 e. The van der Waals surface area contributed by atoms with Crippen LogP contribution in [0.3, 0.4) is 0 Å². The maximum atomic E-state index is 12.3. The second kappa shape index (κ2) is 7.04. The van der Waals surface area contributed by atoms with Gasteiger partial charge in [0.2, 0.25) is 10.0 Å². The quantitative estimate of drug-likeness (QED) is 0.816. The lowest BCUT2D eigenvalue weighted by Gasteiger charge is -2.11. The SMILES string of the molecule is CNCc1cc(S(=O)(=O)NCc2ccsc2)ccc1OC. The van der Waals surface area contributed by atoms with Crippen molar-refractivity contribution in [1.82, 2.24) is 10.0 Å². The minimum absolute atomic E-state index is 0.240. The van der Waals surface area contributed by atoms with Crippen LogP contribution >= 0.6 is 11.3 Å². The molecule has 0 amide bonds. The zero-order valence-electron chi connectivity index (χ0n) is 11.9. The molecule has 5 nitrogen and oxygen atoms in total. The summed E-state index contributed by atoms with van der Waals surface area (Å²) in [5.74, 6) is 0.668. The first kappa shape index (κ1) is 16.0. The number of hydrogen-bond donors (Lipinski definition) is 2. The van der Waals surface area contributed by atoms with Crippen LogP contribution in [0.4, 0.5) is 0 Å². The van der Waals surface area contributed by atoms with Crippen molar-refractivity contribution in [2.75, 3.05) is 14.2 Å². The second-order valence-electron chi connectivity index (χ2n) is 4.46. The molecule has 2 aromatic rings. The van der Waals surface area contributed by atoms with Gasteiger partial charge in [-0.25, -0.2) is 13.1 Å². The molecule has 0 saturated heterocycles. The van der Waals surface area contributed by atoms with Crippen LogP contribution in [0.5, 0.6) is 5.75 Å². The zero-order valence-corrected chi connectivity index (χ0v) is 13.6. The van der Waals surface area contributed by atoms with Gasteiger partial charge in [0.05, 0.1) is 12.0 Å². The van der Waals surface area contributed by atoms with Crippen molar-refractivity contribution in [1.29, 1.82) is 0 Å². The lowest BCUT2D eigenvalue weighted by molar-refractivity contribution is 0.408. The predicted molar refractivity (Wildman–Crippen MR) is 84.1 cm³/mol. The number of rotatable bonds is 7. The van der Waals surface area contributed by atoms with Gasteiger partial charge in [-0.05, 0) is 47.6 Å². The molecule has 0 radical (unpaired) electrons. The molecule has 0 bridgehead atoms. The predicted octanol–water partition coefficient (Wildman–Crippen LogP) is 1.95. The van der Waals surface area contributed by atoms with Gasteiger partial charge in [0, 0.05) is 18.7 Å². The Morgan fingerprint density at radius 3 is 2.67 bits per heavy atom. The number of methoxy groups -OCH3 is 1. The lowest BCUT2D eigenvalue weighted by atomic mass is 10.2. The number of hydrogen-bond acceptors (Lipinski definition) is 5. The third-order valence-electron chi connectivity index (χ3n) is 2.98. The fourth-order valence-electron chi connectivity index (χ4n) is 1.91. The van der Waals surface area contributed by atoms with Gasteiger partial charge in [-0.15, -0.1) is 0 Å². The van der Waals surface area contributed by atoms with E-state index in [9.17, 15) is 8.42 Å². The summed E-state index contributed by atoms with van der Waals surface area (Å²) < 4.78 is 32.5. The van der Waals surface area contributed by atoms with Crippen LogP contribution < -0.4 is 14.8 Å². The van der Waals surface area contributed by atoms with Crippen molar-refractivity contribution in [2.45, 2.75) is 18.0 Å². The molecule has 0 atom stereocenters. The molecule has 0 aliphatic carbocycles. The molecule has 0 aliphatic rings. The molecule has 7 heteroatoms. The average molecular weight is 326 g/mol. The van der Waals surface area contributed by atoms with E-state index >= 15 is 0 Å². The van der Waals surface area contributed by atoms with Crippen LogP contribution in [0.2, 0.25) is 0 Å². The summed E-state index contributed by atoms with van der Waals surface area (Å²) in [4.78, 5) is 0.240. The molecule has 1 heterocycles. The van der Waals surface area contributed by atoms with Gasteiger partial charge < -0.3 is 10.1 Å². The molecule has 1 aromatic carbocycles. The highest BCUT2D eigenvalue weighted by Crippen LogP contribution is 2.22.